The Bertz CT molecular complexity index is 518. The van der Waals surface area contributed by atoms with Gasteiger partial charge in [-0.1, -0.05) is 13.3 Å². The standard InChI is InChI=1S/C14H15BrINO2/c1-2-3-9-6-13(18)17(8-9)14(19)11-7-10(16)4-5-12(11)15/h4-5,7,9H,2-3,6,8H2,1H3. The Kier molecular flexibility index (Phi) is 5.00. The Morgan fingerprint density at radius 1 is 1.53 bits per heavy atom. The molecule has 1 unspecified atom stereocenters. The Balaban J connectivity index is 2.20. The summed E-state index contributed by atoms with van der Waals surface area (Å²) in [6, 6.07) is 5.58. The average Bonchev–Trinajstić information content (AvgIpc) is 2.73. The molecule has 1 heterocycles. The van der Waals surface area contributed by atoms with Crippen LogP contribution in [0.4, 0.5) is 0 Å². The zero-order valence-electron chi connectivity index (χ0n) is 10.7. The molecule has 102 valence electrons. The van der Waals surface area contributed by atoms with Gasteiger partial charge in [-0.2, -0.15) is 0 Å². The van der Waals surface area contributed by atoms with Gasteiger partial charge in [0.25, 0.3) is 5.91 Å². The van der Waals surface area contributed by atoms with Gasteiger partial charge in [0.1, 0.15) is 0 Å². The molecule has 3 nitrogen and oxygen atoms in total. The third-order valence-electron chi connectivity index (χ3n) is 3.31. The highest BCUT2D eigenvalue weighted by Crippen LogP contribution is 2.27. The van der Waals surface area contributed by atoms with Crippen molar-refractivity contribution in [2.75, 3.05) is 6.54 Å². The minimum absolute atomic E-state index is 0.0470. The third-order valence-corrected chi connectivity index (χ3v) is 4.67. The van der Waals surface area contributed by atoms with E-state index in [-0.39, 0.29) is 11.8 Å². The van der Waals surface area contributed by atoms with Crippen molar-refractivity contribution in [3.63, 3.8) is 0 Å². The molecular formula is C14H15BrINO2. The van der Waals surface area contributed by atoms with Crippen molar-refractivity contribution >= 4 is 50.3 Å². The van der Waals surface area contributed by atoms with Gasteiger partial charge in [0.15, 0.2) is 0 Å². The Hall–Kier alpha value is -0.430. The average molecular weight is 436 g/mol. The van der Waals surface area contributed by atoms with E-state index in [0.29, 0.717) is 24.4 Å². The smallest absolute Gasteiger partial charge is 0.261 e. The molecule has 5 heteroatoms. The number of carbonyl (C=O) groups excluding carboxylic acids is 2. The van der Waals surface area contributed by atoms with E-state index in [1.807, 2.05) is 18.2 Å². The number of hydrogen-bond acceptors (Lipinski definition) is 2. The van der Waals surface area contributed by atoms with Crippen molar-refractivity contribution in [2.45, 2.75) is 26.2 Å². The summed E-state index contributed by atoms with van der Waals surface area (Å²) >= 11 is 5.55. The van der Waals surface area contributed by atoms with Gasteiger partial charge < -0.3 is 0 Å². The van der Waals surface area contributed by atoms with Crippen LogP contribution in [0.15, 0.2) is 22.7 Å². The van der Waals surface area contributed by atoms with Crippen LogP contribution in [0.1, 0.15) is 36.5 Å². The SMILES string of the molecule is CCCC1CC(=O)N(C(=O)c2cc(I)ccc2Br)C1. The highest BCUT2D eigenvalue weighted by Gasteiger charge is 2.34. The fourth-order valence-corrected chi connectivity index (χ4v) is 3.29. The van der Waals surface area contributed by atoms with Crippen LogP contribution in [0.3, 0.4) is 0 Å². The van der Waals surface area contributed by atoms with Crippen LogP contribution in [-0.4, -0.2) is 23.3 Å². The number of benzene rings is 1. The number of hydrogen-bond donors (Lipinski definition) is 0. The van der Waals surface area contributed by atoms with Gasteiger partial charge in [-0.15, -0.1) is 0 Å². The van der Waals surface area contributed by atoms with E-state index in [2.05, 4.69) is 45.4 Å². The minimum atomic E-state index is -0.186. The molecule has 0 N–H and O–H groups in total. The number of rotatable bonds is 3. The van der Waals surface area contributed by atoms with Gasteiger partial charge >= 0.3 is 0 Å². The second-order valence-electron chi connectivity index (χ2n) is 4.79. The van der Waals surface area contributed by atoms with Gasteiger partial charge in [0.2, 0.25) is 5.91 Å². The van der Waals surface area contributed by atoms with Gasteiger partial charge in [0, 0.05) is 21.0 Å². The molecule has 0 radical (unpaired) electrons. The van der Waals surface area contributed by atoms with E-state index < -0.39 is 0 Å². The van der Waals surface area contributed by atoms with E-state index in [9.17, 15) is 9.59 Å². The summed E-state index contributed by atoms with van der Waals surface area (Å²) in [6.07, 6.45) is 2.55. The molecule has 0 bridgehead atoms. The summed E-state index contributed by atoms with van der Waals surface area (Å²) in [7, 11) is 0. The molecule has 1 atom stereocenters. The first kappa shape index (κ1) is 15.0. The largest absolute Gasteiger partial charge is 0.278 e. The molecule has 1 aromatic carbocycles. The molecule has 2 amide bonds. The first-order chi connectivity index (χ1) is 9.02. The number of imide groups is 1. The van der Waals surface area contributed by atoms with Crippen molar-refractivity contribution in [3.8, 4) is 0 Å². The number of halogens is 2. The minimum Gasteiger partial charge on any atom is -0.278 e. The van der Waals surface area contributed by atoms with E-state index in [0.717, 1.165) is 20.9 Å². The molecule has 1 aliphatic rings. The second-order valence-corrected chi connectivity index (χ2v) is 6.89. The van der Waals surface area contributed by atoms with E-state index in [4.69, 9.17) is 0 Å². The predicted octanol–water partition coefficient (Wildman–Crippen LogP) is 3.84. The van der Waals surface area contributed by atoms with E-state index in [1.165, 1.54) is 4.90 Å². The predicted molar refractivity (Wildman–Crippen MR) is 85.9 cm³/mol. The summed E-state index contributed by atoms with van der Waals surface area (Å²) in [5.74, 6) is 0.0891. The van der Waals surface area contributed by atoms with E-state index >= 15 is 0 Å². The lowest BCUT2D eigenvalue weighted by molar-refractivity contribution is -0.125. The van der Waals surface area contributed by atoms with Crippen molar-refractivity contribution in [3.05, 3.63) is 31.8 Å². The summed E-state index contributed by atoms with van der Waals surface area (Å²) in [5.41, 5.74) is 0.567. The summed E-state index contributed by atoms with van der Waals surface area (Å²) in [4.78, 5) is 25.8. The van der Waals surface area contributed by atoms with Crippen LogP contribution < -0.4 is 0 Å². The monoisotopic (exact) mass is 435 g/mol. The Morgan fingerprint density at radius 3 is 2.95 bits per heavy atom. The van der Waals surface area contributed by atoms with Crippen molar-refractivity contribution in [1.29, 1.82) is 0 Å². The Labute approximate surface area is 135 Å². The maximum atomic E-state index is 12.5. The number of amides is 2. The lowest BCUT2D eigenvalue weighted by atomic mass is 10.0. The normalized spacial score (nSPS) is 19.0. The van der Waals surface area contributed by atoms with Crippen molar-refractivity contribution in [2.24, 2.45) is 5.92 Å². The van der Waals surface area contributed by atoms with Gasteiger partial charge in [-0.3, -0.25) is 14.5 Å². The highest BCUT2D eigenvalue weighted by molar-refractivity contribution is 14.1. The fraction of sp³-hybridized carbons (Fsp3) is 0.429. The number of nitrogens with zero attached hydrogens (tertiary/aromatic N) is 1. The van der Waals surface area contributed by atoms with Crippen LogP contribution in [-0.2, 0) is 4.79 Å². The van der Waals surface area contributed by atoms with Crippen LogP contribution in [0.2, 0.25) is 0 Å². The first-order valence-electron chi connectivity index (χ1n) is 6.32. The van der Waals surface area contributed by atoms with Crippen LogP contribution in [0.25, 0.3) is 0 Å². The van der Waals surface area contributed by atoms with Crippen molar-refractivity contribution < 1.29 is 9.59 Å². The molecule has 0 saturated carbocycles. The molecule has 2 rings (SSSR count). The lowest BCUT2D eigenvalue weighted by Crippen LogP contribution is -2.32. The second kappa shape index (κ2) is 6.35. The van der Waals surface area contributed by atoms with Gasteiger partial charge in [0.05, 0.1) is 5.56 Å². The lowest BCUT2D eigenvalue weighted by Gasteiger charge is -2.16. The molecule has 19 heavy (non-hydrogen) atoms. The molecule has 0 aromatic heterocycles. The topological polar surface area (TPSA) is 37.4 Å². The molecule has 0 spiro atoms. The van der Waals surface area contributed by atoms with E-state index in [1.54, 1.807) is 0 Å². The molecule has 1 aliphatic heterocycles. The number of carbonyl (C=O) groups is 2. The summed E-state index contributed by atoms with van der Waals surface area (Å²) in [5, 5.41) is 0. The molecule has 0 aliphatic carbocycles. The third kappa shape index (κ3) is 3.37. The van der Waals surface area contributed by atoms with Crippen molar-refractivity contribution in [1.82, 2.24) is 4.90 Å². The molecule has 1 aromatic rings. The van der Waals surface area contributed by atoms with Gasteiger partial charge in [-0.25, -0.2) is 0 Å². The summed E-state index contributed by atoms with van der Waals surface area (Å²) < 4.78 is 1.73. The number of likely N-dealkylation sites (tertiary alicyclic amines) is 1. The highest BCUT2D eigenvalue weighted by atomic mass is 127. The Morgan fingerprint density at radius 2 is 2.26 bits per heavy atom. The molecule has 1 saturated heterocycles. The molecule has 1 fully saturated rings. The molecular weight excluding hydrogens is 421 g/mol. The maximum absolute atomic E-state index is 12.5. The zero-order valence-corrected chi connectivity index (χ0v) is 14.4. The quantitative estimate of drug-likeness (QED) is 0.534. The fourth-order valence-electron chi connectivity index (χ4n) is 2.39. The van der Waals surface area contributed by atoms with Crippen LogP contribution in [0, 0.1) is 9.49 Å². The van der Waals surface area contributed by atoms with Gasteiger partial charge in [-0.05, 0) is 69.1 Å². The van der Waals surface area contributed by atoms with Crippen LogP contribution >= 0.6 is 38.5 Å². The van der Waals surface area contributed by atoms with Crippen LogP contribution in [0.5, 0.6) is 0 Å². The maximum Gasteiger partial charge on any atom is 0.261 e. The zero-order chi connectivity index (χ0) is 14.0. The summed E-state index contributed by atoms with van der Waals surface area (Å²) in [6.45, 7) is 2.66. The first-order valence-corrected chi connectivity index (χ1v) is 8.19.